The molecule has 0 aromatic carbocycles. The fraction of sp³-hybridized carbons (Fsp3) is 0.692. The van der Waals surface area contributed by atoms with Crippen molar-refractivity contribution in [3.05, 3.63) is 21.9 Å². The van der Waals surface area contributed by atoms with E-state index in [1.165, 1.54) is 10.7 Å². The minimum absolute atomic E-state index is 0.0944. The second-order valence-electron chi connectivity index (χ2n) is 5.36. The molecule has 1 fully saturated rings. The van der Waals surface area contributed by atoms with Gasteiger partial charge in [-0.15, -0.1) is 0 Å². The normalized spacial score (nSPS) is 19.4. The predicted molar refractivity (Wildman–Crippen MR) is 74.8 cm³/mol. The Balaban J connectivity index is 1.86. The fourth-order valence-electron chi connectivity index (χ4n) is 2.30. The number of carbonyl (C=O) groups excluding carboxylic acids is 1. The van der Waals surface area contributed by atoms with E-state index in [9.17, 15) is 14.9 Å². The van der Waals surface area contributed by atoms with E-state index in [-0.39, 0.29) is 23.7 Å². The zero-order valence-electron chi connectivity index (χ0n) is 12.2. The van der Waals surface area contributed by atoms with E-state index >= 15 is 0 Å². The van der Waals surface area contributed by atoms with Crippen molar-refractivity contribution in [1.29, 1.82) is 0 Å². The molecule has 0 radical (unpaired) electrons. The van der Waals surface area contributed by atoms with Crippen molar-refractivity contribution in [2.75, 3.05) is 13.2 Å². The van der Waals surface area contributed by atoms with Gasteiger partial charge in [0.15, 0.2) is 0 Å². The first-order valence-electron chi connectivity index (χ1n) is 7.05. The summed E-state index contributed by atoms with van der Waals surface area (Å²) in [6, 6.07) is 1.40. The average Bonchev–Trinajstić information content (AvgIpc) is 3.06. The Bertz CT molecular complexity index is 522. The molecule has 0 bridgehead atoms. The highest BCUT2D eigenvalue weighted by atomic mass is 16.6. The van der Waals surface area contributed by atoms with E-state index in [1.54, 1.807) is 13.8 Å². The lowest BCUT2D eigenvalue weighted by molar-refractivity contribution is -0.389. The number of nitrogens with one attached hydrogen (secondary N) is 1. The number of nitro groups is 1. The van der Waals surface area contributed by atoms with Gasteiger partial charge in [0.2, 0.25) is 5.91 Å². The van der Waals surface area contributed by atoms with Gasteiger partial charge in [0.05, 0.1) is 35.4 Å². The number of amides is 1. The summed E-state index contributed by atoms with van der Waals surface area (Å²) < 4.78 is 6.94. The van der Waals surface area contributed by atoms with E-state index in [4.69, 9.17) is 4.74 Å². The third-order valence-electron chi connectivity index (χ3n) is 3.58. The van der Waals surface area contributed by atoms with E-state index in [0.29, 0.717) is 18.8 Å². The Hall–Kier alpha value is -1.96. The maximum atomic E-state index is 12.0. The maximum absolute atomic E-state index is 12.0. The third kappa shape index (κ3) is 4.01. The average molecular weight is 296 g/mol. The van der Waals surface area contributed by atoms with Gasteiger partial charge in [-0.25, -0.2) is 0 Å². The molecule has 1 aromatic heterocycles. The largest absolute Gasteiger partial charge is 0.390 e. The van der Waals surface area contributed by atoms with E-state index < -0.39 is 4.92 Å². The van der Waals surface area contributed by atoms with Gasteiger partial charge in [-0.1, -0.05) is 6.92 Å². The van der Waals surface area contributed by atoms with Crippen LogP contribution in [0.3, 0.4) is 0 Å². The van der Waals surface area contributed by atoms with Crippen molar-refractivity contribution in [3.63, 3.8) is 0 Å². The molecule has 2 rings (SSSR count). The summed E-state index contributed by atoms with van der Waals surface area (Å²) in [6.45, 7) is 5.10. The number of hydrogen-bond donors (Lipinski definition) is 1. The zero-order chi connectivity index (χ0) is 15.4. The number of aromatic nitrogens is 2. The van der Waals surface area contributed by atoms with Crippen LogP contribution in [0.25, 0.3) is 0 Å². The Labute approximate surface area is 122 Å². The standard InChI is InChI=1S/C13H20N4O4/c1-9(13(18)14-7-11-4-3-5-21-11)8-16-10(2)6-12(15-16)17(19)20/h6,9,11H,3-5,7-8H2,1-2H3,(H,14,18). The predicted octanol–water partition coefficient (Wildman–Crippen LogP) is 1.03. The molecule has 0 aliphatic carbocycles. The van der Waals surface area contributed by atoms with Gasteiger partial charge in [0, 0.05) is 13.2 Å². The van der Waals surface area contributed by atoms with Gasteiger partial charge in [-0.3, -0.25) is 4.79 Å². The smallest absolute Gasteiger partial charge is 0.376 e. The molecule has 1 N–H and O–H groups in total. The summed E-state index contributed by atoms with van der Waals surface area (Å²) >= 11 is 0. The van der Waals surface area contributed by atoms with Crippen LogP contribution in [0.15, 0.2) is 6.07 Å². The molecule has 2 unspecified atom stereocenters. The molecule has 1 aromatic rings. The summed E-state index contributed by atoms with van der Waals surface area (Å²) in [5, 5.41) is 17.4. The van der Waals surface area contributed by atoms with Gasteiger partial charge in [0.1, 0.15) is 0 Å². The molecular formula is C13H20N4O4. The Morgan fingerprint density at radius 3 is 3.05 bits per heavy atom. The van der Waals surface area contributed by atoms with E-state index in [2.05, 4.69) is 10.4 Å². The fourth-order valence-corrected chi connectivity index (χ4v) is 2.30. The lowest BCUT2D eigenvalue weighted by atomic mass is 10.1. The Kier molecular flexibility index (Phi) is 4.89. The number of hydrogen-bond acceptors (Lipinski definition) is 5. The molecular weight excluding hydrogens is 276 g/mol. The number of carbonyl (C=O) groups is 1. The van der Waals surface area contributed by atoms with Gasteiger partial charge in [0.25, 0.3) is 0 Å². The summed E-state index contributed by atoms with van der Waals surface area (Å²) in [5.74, 6) is -0.605. The third-order valence-corrected chi connectivity index (χ3v) is 3.58. The van der Waals surface area contributed by atoms with Gasteiger partial charge in [-0.2, -0.15) is 4.68 Å². The van der Waals surface area contributed by atoms with Gasteiger partial charge in [-0.05, 0) is 24.7 Å². The highest BCUT2D eigenvalue weighted by Gasteiger charge is 2.22. The molecule has 2 heterocycles. The second kappa shape index (κ2) is 6.66. The molecule has 21 heavy (non-hydrogen) atoms. The van der Waals surface area contributed by atoms with E-state index in [0.717, 1.165) is 19.4 Å². The van der Waals surface area contributed by atoms with Crippen LogP contribution < -0.4 is 5.32 Å². The molecule has 8 heteroatoms. The van der Waals surface area contributed by atoms with Crippen molar-refractivity contribution in [2.24, 2.45) is 5.92 Å². The number of aryl methyl sites for hydroxylation is 1. The van der Waals surface area contributed by atoms with Crippen LogP contribution in [-0.4, -0.2) is 39.9 Å². The minimum atomic E-state index is -0.536. The molecule has 0 saturated carbocycles. The Morgan fingerprint density at radius 1 is 1.71 bits per heavy atom. The van der Waals surface area contributed by atoms with E-state index in [1.807, 2.05) is 0 Å². The monoisotopic (exact) mass is 296 g/mol. The van der Waals surface area contributed by atoms with Crippen molar-refractivity contribution in [3.8, 4) is 0 Å². The van der Waals surface area contributed by atoms with Crippen LogP contribution >= 0.6 is 0 Å². The molecule has 116 valence electrons. The number of nitrogens with zero attached hydrogens (tertiary/aromatic N) is 3. The summed E-state index contributed by atoms with van der Waals surface area (Å²) in [5.41, 5.74) is 0.667. The molecule has 2 atom stereocenters. The first-order valence-corrected chi connectivity index (χ1v) is 7.05. The number of rotatable bonds is 6. The SMILES string of the molecule is Cc1cc([N+](=O)[O-])nn1CC(C)C(=O)NCC1CCCO1. The molecule has 1 aliphatic heterocycles. The van der Waals surface area contributed by atoms with Gasteiger partial charge < -0.3 is 20.2 Å². The van der Waals surface area contributed by atoms with Crippen LogP contribution in [0.2, 0.25) is 0 Å². The Morgan fingerprint density at radius 2 is 2.48 bits per heavy atom. The summed E-state index contributed by atoms with van der Waals surface area (Å²) in [7, 11) is 0. The zero-order valence-corrected chi connectivity index (χ0v) is 12.2. The maximum Gasteiger partial charge on any atom is 0.390 e. The van der Waals surface area contributed by atoms with Crippen LogP contribution in [-0.2, 0) is 16.1 Å². The number of ether oxygens (including phenoxy) is 1. The van der Waals surface area contributed by atoms with Crippen molar-refractivity contribution < 1.29 is 14.5 Å². The lowest BCUT2D eigenvalue weighted by Crippen LogP contribution is -2.36. The lowest BCUT2D eigenvalue weighted by Gasteiger charge is -2.14. The summed E-state index contributed by atoms with van der Waals surface area (Å²) in [4.78, 5) is 22.2. The van der Waals surface area contributed by atoms with Crippen molar-refractivity contribution in [1.82, 2.24) is 15.1 Å². The minimum Gasteiger partial charge on any atom is -0.376 e. The van der Waals surface area contributed by atoms with Gasteiger partial charge >= 0.3 is 5.82 Å². The van der Waals surface area contributed by atoms with Crippen molar-refractivity contribution >= 4 is 11.7 Å². The topological polar surface area (TPSA) is 99.3 Å². The highest BCUT2D eigenvalue weighted by molar-refractivity contribution is 5.78. The molecule has 1 amide bonds. The first kappa shape index (κ1) is 15.4. The molecule has 1 saturated heterocycles. The molecule has 1 aliphatic rings. The van der Waals surface area contributed by atoms with Crippen molar-refractivity contribution in [2.45, 2.75) is 39.3 Å². The second-order valence-corrected chi connectivity index (χ2v) is 5.36. The van der Waals surface area contributed by atoms with Crippen LogP contribution in [0.4, 0.5) is 5.82 Å². The van der Waals surface area contributed by atoms with Crippen LogP contribution in [0.1, 0.15) is 25.5 Å². The molecule has 8 nitrogen and oxygen atoms in total. The molecule has 0 spiro atoms. The quantitative estimate of drug-likeness (QED) is 0.624. The highest BCUT2D eigenvalue weighted by Crippen LogP contribution is 2.14. The summed E-state index contributed by atoms with van der Waals surface area (Å²) in [6.07, 6.45) is 2.11. The van der Waals surface area contributed by atoms with Crippen LogP contribution in [0, 0.1) is 23.0 Å². The van der Waals surface area contributed by atoms with Crippen LogP contribution in [0.5, 0.6) is 0 Å². The first-order chi connectivity index (χ1) is 9.97.